The van der Waals surface area contributed by atoms with Crippen molar-refractivity contribution in [3.63, 3.8) is 0 Å². The Morgan fingerprint density at radius 2 is 1.68 bits per heavy atom. The van der Waals surface area contributed by atoms with Gasteiger partial charge in [-0.25, -0.2) is 4.98 Å². The molecular formula is C19H15N5O. The lowest BCUT2D eigenvalue weighted by Gasteiger charge is -2.12. The smallest absolute Gasteiger partial charge is 0.248 e. The lowest BCUT2D eigenvalue weighted by Crippen LogP contribution is -2.03. The summed E-state index contributed by atoms with van der Waals surface area (Å²) in [6, 6.07) is 17.6. The van der Waals surface area contributed by atoms with Crippen LogP contribution in [0.4, 0.5) is 17.2 Å². The Morgan fingerprint density at radius 1 is 0.880 bits per heavy atom. The van der Waals surface area contributed by atoms with Crippen molar-refractivity contribution in [1.82, 2.24) is 15.0 Å². The van der Waals surface area contributed by atoms with Crippen LogP contribution in [0.2, 0.25) is 0 Å². The average molecular weight is 329 g/mol. The summed E-state index contributed by atoms with van der Waals surface area (Å²) in [5.41, 5.74) is 7.33. The Kier molecular flexibility index (Phi) is 3.84. The molecule has 25 heavy (non-hydrogen) atoms. The van der Waals surface area contributed by atoms with E-state index in [1.807, 2.05) is 48.5 Å². The molecule has 0 aliphatic heterocycles. The molecule has 0 aliphatic carbocycles. The molecule has 0 unspecified atom stereocenters. The fourth-order valence-electron chi connectivity index (χ4n) is 2.47. The van der Waals surface area contributed by atoms with Gasteiger partial charge < -0.3 is 15.8 Å². The molecule has 122 valence electrons. The van der Waals surface area contributed by atoms with Crippen LogP contribution in [0.15, 0.2) is 73.3 Å². The maximum Gasteiger partial charge on any atom is 0.248 e. The van der Waals surface area contributed by atoms with Gasteiger partial charge in [0.25, 0.3) is 0 Å². The first kappa shape index (κ1) is 14.9. The number of nitrogen functional groups attached to an aromatic ring is 1. The van der Waals surface area contributed by atoms with Gasteiger partial charge in [0.15, 0.2) is 5.82 Å². The average Bonchev–Trinajstić information content (AvgIpc) is 2.66. The van der Waals surface area contributed by atoms with Gasteiger partial charge >= 0.3 is 0 Å². The molecule has 2 aromatic heterocycles. The third-order valence-electron chi connectivity index (χ3n) is 3.73. The third kappa shape index (κ3) is 3.18. The summed E-state index contributed by atoms with van der Waals surface area (Å²) in [5, 5.41) is 5.36. The molecule has 4 aromatic rings. The highest BCUT2D eigenvalue weighted by molar-refractivity contribution is 5.84. The molecule has 0 atom stereocenters. The number of hydrogen-bond donors (Lipinski definition) is 2. The van der Waals surface area contributed by atoms with Crippen LogP contribution in [-0.4, -0.2) is 15.0 Å². The molecule has 6 heteroatoms. The highest BCUT2D eigenvalue weighted by atomic mass is 16.5. The highest BCUT2D eigenvalue weighted by Gasteiger charge is 2.11. The summed E-state index contributed by atoms with van der Waals surface area (Å²) in [7, 11) is 0. The second-order valence-corrected chi connectivity index (χ2v) is 5.41. The predicted molar refractivity (Wildman–Crippen MR) is 98.0 cm³/mol. The second-order valence-electron chi connectivity index (χ2n) is 5.41. The minimum absolute atomic E-state index is 0.307. The number of nitrogens with zero attached hydrogens (tertiary/aromatic N) is 3. The third-order valence-corrected chi connectivity index (χ3v) is 3.73. The molecule has 2 heterocycles. The molecular weight excluding hydrogens is 314 g/mol. The van der Waals surface area contributed by atoms with E-state index in [4.69, 9.17) is 10.5 Å². The van der Waals surface area contributed by atoms with Gasteiger partial charge in [-0.15, -0.1) is 0 Å². The number of nitrogens with two attached hydrogens (primary N) is 1. The molecule has 0 aliphatic rings. The van der Waals surface area contributed by atoms with Crippen molar-refractivity contribution in [1.29, 1.82) is 0 Å². The van der Waals surface area contributed by atoms with E-state index in [0.29, 0.717) is 23.1 Å². The van der Waals surface area contributed by atoms with Crippen molar-refractivity contribution < 1.29 is 4.74 Å². The van der Waals surface area contributed by atoms with Crippen LogP contribution in [0, 0.1) is 0 Å². The second kappa shape index (κ2) is 6.45. The number of benzene rings is 2. The van der Waals surface area contributed by atoms with Crippen molar-refractivity contribution in [2.45, 2.75) is 0 Å². The van der Waals surface area contributed by atoms with Gasteiger partial charge in [-0.1, -0.05) is 30.3 Å². The molecule has 6 nitrogen and oxygen atoms in total. The molecule has 0 saturated heterocycles. The molecule has 0 spiro atoms. The van der Waals surface area contributed by atoms with E-state index >= 15 is 0 Å². The van der Waals surface area contributed by atoms with E-state index in [9.17, 15) is 0 Å². The van der Waals surface area contributed by atoms with Gasteiger partial charge in [0.2, 0.25) is 5.88 Å². The first-order chi connectivity index (χ1) is 12.3. The van der Waals surface area contributed by atoms with Crippen LogP contribution in [0.5, 0.6) is 11.6 Å². The SMILES string of the molecule is Nc1c(Nc2ccncc2)ncnc1Oc1ccc2ccccc2c1. The Hall–Kier alpha value is -3.67. The summed E-state index contributed by atoms with van der Waals surface area (Å²) in [6.45, 7) is 0. The number of anilines is 3. The zero-order valence-electron chi connectivity index (χ0n) is 13.3. The van der Waals surface area contributed by atoms with Crippen LogP contribution in [0.1, 0.15) is 0 Å². The van der Waals surface area contributed by atoms with Gasteiger partial charge in [0.05, 0.1) is 0 Å². The van der Waals surface area contributed by atoms with E-state index in [2.05, 4.69) is 26.3 Å². The summed E-state index contributed by atoms with van der Waals surface area (Å²) in [5.74, 6) is 1.46. The quantitative estimate of drug-likeness (QED) is 0.585. The number of nitrogens with one attached hydrogen (secondary N) is 1. The van der Waals surface area contributed by atoms with E-state index < -0.39 is 0 Å². The Morgan fingerprint density at radius 3 is 2.52 bits per heavy atom. The zero-order valence-corrected chi connectivity index (χ0v) is 13.3. The van der Waals surface area contributed by atoms with Crippen LogP contribution in [-0.2, 0) is 0 Å². The lowest BCUT2D eigenvalue weighted by atomic mass is 10.1. The van der Waals surface area contributed by atoms with Crippen molar-refractivity contribution in [3.05, 3.63) is 73.3 Å². The number of ether oxygens (including phenoxy) is 1. The monoisotopic (exact) mass is 329 g/mol. The standard InChI is InChI=1S/C19H15N5O/c20-17-18(24-15-7-9-21-10-8-15)22-12-23-19(17)25-16-6-5-13-3-1-2-4-14(13)11-16/h1-12H,20H2,(H,21,22,23,24). The number of rotatable bonds is 4. The van der Waals surface area contributed by atoms with Crippen molar-refractivity contribution in [2.24, 2.45) is 0 Å². The van der Waals surface area contributed by atoms with E-state index in [-0.39, 0.29) is 0 Å². The maximum absolute atomic E-state index is 6.16. The number of aromatic nitrogens is 3. The largest absolute Gasteiger partial charge is 0.437 e. The number of fused-ring (bicyclic) bond motifs is 1. The molecule has 0 amide bonds. The van der Waals surface area contributed by atoms with Gasteiger partial charge in [-0.3, -0.25) is 4.98 Å². The summed E-state index contributed by atoms with van der Waals surface area (Å²) in [4.78, 5) is 12.3. The molecule has 3 N–H and O–H groups in total. The normalized spacial score (nSPS) is 10.6. The Balaban J connectivity index is 1.62. The maximum atomic E-state index is 6.16. The Bertz CT molecular complexity index is 1020. The topological polar surface area (TPSA) is 86.0 Å². The van der Waals surface area contributed by atoms with Gasteiger partial charge in [-0.05, 0) is 35.0 Å². The van der Waals surface area contributed by atoms with Crippen molar-refractivity contribution in [2.75, 3.05) is 11.1 Å². The molecule has 0 fully saturated rings. The van der Waals surface area contributed by atoms with Crippen LogP contribution >= 0.6 is 0 Å². The first-order valence-corrected chi connectivity index (χ1v) is 7.74. The van der Waals surface area contributed by atoms with Crippen LogP contribution < -0.4 is 15.8 Å². The minimum atomic E-state index is 0.307. The van der Waals surface area contributed by atoms with E-state index in [1.54, 1.807) is 12.4 Å². The van der Waals surface area contributed by atoms with Gasteiger partial charge in [-0.2, -0.15) is 4.98 Å². The molecule has 0 saturated carbocycles. The molecule has 2 aromatic carbocycles. The summed E-state index contributed by atoms with van der Waals surface area (Å²) in [6.07, 6.45) is 4.79. The summed E-state index contributed by atoms with van der Waals surface area (Å²) < 4.78 is 5.87. The van der Waals surface area contributed by atoms with Crippen LogP contribution in [0.3, 0.4) is 0 Å². The molecule has 4 rings (SSSR count). The van der Waals surface area contributed by atoms with E-state index in [1.165, 1.54) is 6.33 Å². The fraction of sp³-hybridized carbons (Fsp3) is 0. The van der Waals surface area contributed by atoms with Gasteiger partial charge in [0.1, 0.15) is 17.8 Å². The molecule has 0 radical (unpaired) electrons. The Labute approximate surface area is 144 Å². The van der Waals surface area contributed by atoms with Crippen molar-refractivity contribution >= 4 is 28.0 Å². The lowest BCUT2D eigenvalue weighted by molar-refractivity contribution is 0.465. The summed E-state index contributed by atoms with van der Waals surface area (Å²) >= 11 is 0. The zero-order chi connectivity index (χ0) is 17.1. The first-order valence-electron chi connectivity index (χ1n) is 7.74. The van der Waals surface area contributed by atoms with E-state index in [0.717, 1.165) is 16.5 Å². The molecule has 0 bridgehead atoms. The van der Waals surface area contributed by atoms with Crippen LogP contribution in [0.25, 0.3) is 10.8 Å². The van der Waals surface area contributed by atoms with Crippen molar-refractivity contribution in [3.8, 4) is 11.6 Å². The fourth-order valence-corrected chi connectivity index (χ4v) is 2.47. The predicted octanol–water partition coefficient (Wildman–Crippen LogP) is 4.14. The number of pyridine rings is 1. The minimum Gasteiger partial charge on any atom is -0.437 e. The highest BCUT2D eigenvalue weighted by Crippen LogP contribution is 2.32. The number of hydrogen-bond acceptors (Lipinski definition) is 6. The van der Waals surface area contributed by atoms with Gasteiger partial charge in [0, 0.05) is 18.1 Å².